The maximum absolute atomic E-state index is 5.40. The molecule has 2 rings (SSSR count). The molecule has 0 radical (unpaired) electrons. The van der Waals surface area contributed by atoms with Crippen LogP contribution in [0.4, 0.5) is 5.69 Å². The number of hydrogen-bond donors (Lipinski definition) is 1. The lowest BCUT2D eigenvalue weighted by Gasteiger charge is -2.13. The molecule has 14 heavy (non-hydrogen) atoms. The zero-order valence-electron chi connectivity index (χ0n) is 7.69. The fourth-order valence-electron chi connectivity index (χ4n) is 1.26. The van der Waals surface area contributed by atoms with Gasteiger partial charge in [-0.3, -0.25) is 4.98 Å². The van der Waals surface area contributed by atoms with Crippen LogP contribution in [0.2, 0.25) is 0 Å². The Bertz CT molecular complexity index is 356. The molecular formula is C9H10N2O2S. The molecule has 74 valence electrons. The van der Waals surface area contributed by atoms with Gasteiger partial charge in [-0.1, -0.05) is 12.2 Å². The van der Waals surface area contributed by atoms with E-state index < -0.39 is 6.29 Å². The van der Waals surface area contributed by atoms with Crippen molar-refractivity contribution >= 4 is 22.9 Å². The summed E-state index contributed by atoms with van der Waals surface area (Å²) in [6, 6.07) is 3.76. The van der Waals surface area contributed by atoms with E-state index in [-0.39, 0.29) is 0 Å². The van der Waals surface area contributed by atoms with Crippen LogP contribution in [0.5, 0.6) is 0 Å². The Morgan fingerprint density at radius 3 is 3.36 bits per heavy atom. The number of rotatable bonds is 1. The van der Waals surface area contributed by atoms with Crippen molar-refractivity contribution in [2.45, 2.75) is 12.9 Å². The van der Waals surface area contributed by atoms with E-state index >= 15 is 0 Å². The summed E-state index contributed by atoms with van der Waals surface area (Å²) in [4.78, 5) is 4.71. The fraction of sp³-hybridized carbons (Fsp3) is 0.333. The van der Waals surface area contributed by atoms with Gasteiger partial charge in [-0.05, 0) is 12.1 Å². The summed E-state index contributed by atoms with van der Waals surface area (Å²) in [5.41, 5.74) is 1.73. The van der Waals surface area contributed by atoms with Gasteiger partial charge in [0.15, 0.2) is 0 Å². The van der Waals surface area contributed by atoms with Crippen molar-refractivity contribution in [2.24, 2.45) is 0 Å². The Morgan fingerprint density at radius 1 is 1.71 bits per heavy atom. The van der Waals surface area contributed by atoms with E-state index in [4.69, 9.17) is 21.7 Å². The van der Waals surface area contributed by atoms with Crippen LogP contribution in [0, 0.1) is 0 Å². The largest absolute Gasteiger partial charge is 0.350 e. The molecule has 1 aromatic rings. The average molecular weight is 210 g/mol. The van der Waals surface area contributed by atoms with E-state index in [1.807, 2.05) is 12.1 Å². The third kappa shape index (κ3) is 1.75. The van der Waals surface area contributed by atoms with Crippen LogP contribution in [-0.4, -0.2) is 23.4 Å². The van der Waals surface area contributed by atoms with E-state index in [0.29, 0.717) is 11.6 Å². The van der Waals surface area contributed by atoms with Crippen molar-refractivity contribution in [3.63, 3.8) is 0 Å². The van der Waals surface area contributed by atoms with Crippen LogP contribution in [0.25, 0.3) is 0 Å². The Labute approximate surface area is 87.2 Å². The van der Waals surface area contributed by atoms with E-state index in [1.165, 1.54) is 0 Å². The zero-order chi connectivity index (χ0) is 9.97. The van der Waals surface area contributed by atoms with Gasteiger partial charge in [-0.2, -0.15) is 0 Å². The number of methoxy groups -OCH3 is 1. The molecule has 1 aliphatic rings. The Balaban J connectivity index is 2.28. The van der Waals surface area contributed by atoms with Gasteiger partial charge >= 0.3 is 0 Å². The highest BCUT2D eigenvalue weighted by Crippen LogP contribution is 2.19. The van der Waals surface area contributed by atoms with Crippen molar-refractivity contribution in [1.82, 2.24) is 4.98 Å². The first-order valence-corrected chi connectivity index (χ1v) is 4.61. The van der Waals surface area contributed by atoms with Crippen LogP contribution in [0.1, 0.15) is 5.69 Å². The van der Waals surface area contributed by atoms with Crippen molar-refractivity contribution in [3.8, 4) is 0 Å². The summed E-state index contributed by atoms with van der Waals surface area (Å²) in [6.45, 7) is 0.405. The molecule has 0 aliphatic carbocycles. The second kappa shape index (κ2) is 4.00. The highest BCUT2D eigenvalue weighted by Gasteiger charge is 2.20. The quantitative estimate of drug-likeness (QED) is 0.708. The highest BCUT2D eigenvalue weighted by molar-refractivity contribution is 7.80. The minimum atomic E-state index is -0.487. The minimum absolute atomic E-state index is 0.405. The predicted octanol–water partition coefficient (Wildman–Crippen LogP) is 1.32. The number of aromatic nitrogens is 1. The van der Waals surface area contributed by atoms with Gasteiger partial charge in [0.2, 0.25) is 6.29 Å². The third-order valence-electron chi connectivity index (χ3n) is 1.95. The second-order valence-electron chi connectivity index (χ2n) is 2.87. The first-order chi connectivity index (χ1) is 6.81. The van der Waals surface area contributed by atoms with Crippen LogP contribution in [0.15, 0.2) is 18.3 Å². The third-order valence-corrected chi connectivity index (χ3v) is 2.24. The van der Waals surface area contributed by atoms with Gasteiger partial charge in [0.05, 0.1) is 18.0 Å². The Kier molecular flexibility index (Phi) is 2.72. The lowest BCUT2D eigenvalue weighted by Crippen LogP contribution is -2.28. The number of pyridine rings is 1. The smallest absolute Gasteiger partial charge is 0.209 e. The van der Waals surface area contributed by atoms with Gasteiger partial charge in [-0.15, -0.1) is 0 Å². The summed E-state index contributed by atoms with van der Waals surface area (Å²) in [7, 11) is 1.56. The molecule has 0 spiro atoms. The van der Waals surface area contributed by atoms with Crippen LogP contribution < -0.4 is 5.32 Å². The van der Waals surface area contributed by atoms with Crippen LogP contribution in [0.3, 0.4) is 0 Å². The van der Waals surface area contributed by atoms with Gasteiger partial charge in [0, 0.05) is 13.3 Å². The van der Waals surface area contributed by atoms with Gasteiger partial charge in [0.1, 0.15) is 4.99 Å². The van der Waals surface area contributed by atoms with Crippen molar-refractivity contribution < 1.29 is 9.47 Å². The molecule has 2 heterocycles. The minimum Gasteiger partial charge on any atom is -0.350 e. The maximum Gasteiger partial charge on any atom is 0.209 e. The number of nitrogens with zero attached hydrogens (tertiary/aromatic N) is 1. The molecule has 0 fully saturated rings. The molecule has 1 N–H and O–H groups in total. The van der Waals surface area contributed by atoms with E-state index in [2.05, 4.69) is 10.3 Å². The summed E-state index contributed by atoms with van der Waals surface area (Å²) in [6.07, 6.45) is 1.24. The summed E-state index contributed by atoms with van der Waals surface area (Å²) < 4.78 is 10.5. The van der Waals surface area contributed by atoms with Crippen LogP contribution in [-0.2, 0) is 16.1 Å². The molecular weight excluding hydrogens is 200 g/mol. The average Bonchev–Trinajstić information content (AvgIpc) is 2.36. The summed E-state index contributed by atoms with van der Waals surface area (Å²) >= 11 is 5.10. The number of nitrogens with one attached hydrogen (secondary N) is 1. The van der Waals surface area contributed by atoms with Gasteiger partial charge < -0.3 is 14.8 Å². The normalized spacial score (nSPS) is 20.9. The van der Waals surface area contributed by atoms with Gasteiger partial charge in [0.25, 0.3) is 0 Å². The van der Waals surface area contributed by atoms with E-state index in [9.17, 15) is 0 Å². The maximum atomic E-state index is 5.40. The number of fused-ring (bicyclic) bond motifs is 1. The Hall–Kier alpha value is -1.04. The van der Waals surface area contributed by atoms with Gasteiger partial charge in [-0.25, -0.2) is 0 Å². The molecule has 0 bridgehead atoms. The van der Waals surface area contributed by atoms with Crippen molar-refractivity contribution in [1.29, 1.82) is 0 Å². The van der Waals surface area contributed by atoms with Crippen molar-refractivity contribution in [3.05, 3.63) is 24.0 Å². The SMILES string of the molecule is COC1OCc2ncccc2NC1=S. The topological polar surface area (TPSA) is 43.4 Å². The van der Waals surface area contributed by atoms with Crippen LogP contribution >= 0.6 is 12.2 Å². The molecule has 5 heteroatoms. The molecule has 4 nitrogen and oxygen atoms in total. The molecule has 1 aromatic heterocycles. The molecule has 0 amide bonds. The number of ether oxygens (including phenoxy) is 2. The van der Waals surface area contributed by atoms with Crippen molar-refractivity contribution in [2.75, 3.05) is 12.4 Å². The second-order valence-corrected chi connectivity index (χ2v) is 3.31. The fourth-order valence-corrected chi connectivity index (χ4v) is 1.54. The molecule has 1 unspecified atom stereocenters. The van der Waals surface area contributed by atoms with E-state index in [0.717, 1.165) is 11.4 Å². The monoisotopic (exact) mass is 210 g/mol. The molecule has 0 aromatic carbocycles. The lowest BCUT2D eigenvalue weighted by molar-refractivity contribution is -0.0829. The first kappa shape index (κ1) is 9.51. The predicted molar refractivity (Wildman–Crippen MR) is 56.0 cm³/mol. The standard InChI is InChI=1S/C9H10N2O2S/c1-12-9-8(14)11-6-3-2-4-10-7(6)5-13-9/h2-4,9H,5H2,1H3,(H,11,14). The molecule has 1 aliphatic heterocycles. The summed E-state index contributed by atoms with van der Waals surface area (Å²) in [5.74, 6) is 0. The summed E-state index contributed by atoms with van der Waals surface area (Å²) in [5, 5.41) is 3.04. The molecule has 0 saturated carbocycles. The first-order valence-electron chi connectivity index (χ1n) is 4.20. The zero-order valence-corrected chi connectivity index (χ0v) is 8.50. The lowest BCUT2D eigenvalue weighted by atomic mass is 10.3. The highest BCUT2D eigenvalue weighted by atomic mass is 32.1. The molecule has 1 atom stereocenters. The number of anilines is 1. The van der Waals surface area contributed by atoms with E-state index in [1.54, 1.807) is 13.3 Å². The molecule has 0 saturated heterocycles. The number of hydrogen-bond acceptors (Lipinski definition) is 4. The Morgan fingerprint density at radius 2 is 2.57 bits per heavy atom. The number of thiocarbonyl (C=S) groups is 1.